The Balaban J connectivity index is 1.94. The van der Waals surface area contributed by atoms with Crippen LogP contribution in [-0.2, 0) is 19.1 Å². The van der Waals surface area contributed by atoms with Gasteiger partial charge >= 0.3 is 0 Å². The number of carbonyl (C=O) groups is 3. The Bertz CT molecular complexity index is 623. The first-order valence-corrected chi connectivity index (χ1v) is 8.71. The van der Waals surface area contributed by atoms with Gasteiger partial charge in [0.2, 0.25) is 17.7 Å². The summed E-state index contributed by atoms with van der Waals surface area (Å²) in [7, 11) is 1.56. The molecule has 1 saturated heterocycles. The van der Waals surface area contributed by atoms with Gasteiger partial charge in [0.15, 0.2) is 0 Å². The number of nitrogens with zero attached hydrogens (tertiary/aromatic N) is 1. The number of benzene rings is 1. The lowest BCUT2D eigenvalue weighted by Crippen LogP contribution is -2.45. The van der Waals surface area contributed by atoms with Gasteiger partial charge in [-0.3, -0.25) is 19.3 Å². The van der Waals surface area contributed by atoms with Crippen LogP contribution in [0, 0.1) is 0 Å². The molecule has 0 unspecified atom stereocenters. The fourth-order valence-electron chi connectivity index (χ4n) is 2.99. The zero-order valence-electron chi connectivity index (χ0n) is 15.2. The maximum atomic E-state index is 12.3. The Kier molecular flexibility index (Phi) is 7.55. The molecule has 8 nitrogen and oxygen atoms in total. The summed E-state index contributed by atoms with van der Waals surface area (Å²) in [5.41, 5.74) is 0.703. The molecule has 1 fully saturated rings. The lowest BCUT2D eigenvalue weighted by molar-refractivity contribution is -0.127. The van der Waals surface area contributed by atoms with E-state index in [-0.39, 0.29) is 36.9 Å². The van der Waals surface area contributed by atoms with Crippen molar-refractivity contribution in [2.75, 3.05) is 38.7 Å². The average Bonchev–Trinajstić information content (AvgIpc) is 3.02. The minimum Gasteiger partial charge on any atom is -0.372 e. The molecular weight excluding hydrogens is 336 g/mol. The van der Waals surface area contributed by atoms with E-state index in [9.17, 15) is 14.4 Å². The second-order valence-corrected chi connectivity index (χ2v) is 6.11. The first kappa shape index (κ1) is 19.9. The Morgan fingerprint density at radius 2 is 1.92 bits per heavy atom. The van der Waals surface area contributed by atoms with E-state index < -0.39 is 6.04 Å². The largest absolute Gasteiger partial charge is 0.372 e. The molecule has 0 bridgehead atoms. The molecule has 1 aliphatic rings. The van der Waals surface area contributed by atoms with Crippen LogP contribution < -0.4 is 16.0 Å². The van der Waals surface area contributed by atoms with Gasteiger partial charge in [-0.05, 0) is 25.5 Å². The van der Waals surface area contributed by atoms with Crippen LogP contribution in [0.15, 0.2) is 30.3 Å². The summed E-state index contributed by atoms with van der Waals surface area (Å²) in [5, 5.41) is 8.29. The van der Waals surface area contributed by atoms with E-state index in [1.54, 1.807) is 24.1 Å². The quantitative estimate of drug-likeness (QED) is 0.603. The third-order valence-electron chi connectivity index (χ3n) is 4.16. The lowest BCUT2D eigenvalue weighted by Gasteiger charge is -2.22. The van der Waals surface area contributed by atoms with Crippen molar-refractivity contribution in [1.82, 2.24) is 15.5 Å². The van der Waals surface area contributed by atoms with Crippen LogP contribution in [-0.4, -0.2) is 68.1 Å². The number of hydrogen-bond donors (Lipinski definition) is 3. The normalized spacial score (nSPS) is 19.8. The van der Waals surface area contributed by atoms with Crippen molar-refractivity contribution >= 4 is 23.4 Å². The fourth-order valence-corrected chi connectivity index (χ4v) is 2.99. The predicted molar refractivity (Wildman–Crippen MR) is 97.5 cm³/mol. The summed E-state index contributed by atoms with van der Waals surface area (Å²) in [6, 6.07) is 8.48. The summed E-state index contributed by atoms with van der Waals surface area (Å²) in [6.07, 6.45) is 0.455. The molecule has 1 aromatic carbocycles. The van der Waals surface area contributed by atoms with E-state index in [1.165, 1.54) is 0 Å². The zero-order valence-corrected chi connectivity index (χ0v) is 15.2. The van der Waals surface area contributed by atoms with Crippen molar-refractivity contribution in [1.29, 1.82) is 0 Å². The van der Waals surface area contributed by atoms with E-state index in [4.69, 9.17) is 4.74 Å². The van der Waals surface area contributed by atoms with Gasteiger partial charge in [0.05, 0.1) is 12.6 Å². The van der Waals surface area contributed by atoms with Crippen LogP contribution in [0.3, 0.4) is 0 Å². The number of carbonyl (C=O) groups excluding carboxylic acids is 3. The molecule has 0 aliphatic carbocycles. The number of likely N-dealkylation sites (N-methyl/N-ethyl adjacent to an activating group) is 1. The van der Waals surface area contributed by atoms with Gasteiger partial charge in [-0.15, -0.1) is 0 Å². The first-order chi connectivity index (χ1) is 12.5. The molecule has 0 aromatic heterocycles. The monoisotopic (exact) mass is 362 g/mol. The molecule has 2 rings (SSSR count). The molecule has 0 spiro atoms. The highest BCUT2D eigenvalue weighted by Crippen LogP contribution is 2.18. The molecule has 0 saturated carbocycles. The highest BCUT2D eigenvalue weighted by atomic mass is 16.5. The maximum absolute atomic E-state index is 12.3. The van der Waals surface area contributed by atoms with Crippen molar-refractivity contribution < 1.29 is 19.1 Å². The molecule has 2 atom stereocenters. The highest BCUT2D eigenvalue weighted by Gasteiger charge is 2.37. The summed E-state index contributed by atoms with van der Waals surface area (Å²) in [6.45, 7) is 2.78. The minimum absolute atomic E-state index is 0.00780. The first-order valence-electron chi connectivity index (χ1n) is 8.71. The standard InChI is InChI=1S/C18H26N4O4/c1-3-26-12-17(24)21-14-9-15(18(25)19-2)22(10-14)11-16(23)20-13-7-5-4-6-8-13/h4-8,14-15H,3,9-12H2,1-2H3,(H,19,25)(H,20,23)(H,21,24)/t14-,15+/m1/s1. The average molecular weight is 362 g/mol. The van der Waals surface area contributed by atoms with Gasteiger partial charge in [0, 0.05) is 31.9 Å². The lowest BCUT2D eigenvalue weighted by atomic mass is 10.1. The Morgan fingerprint density at radius 3 is 2.58 bits per heavy atom. The molecular formula is C18H26N4O4. The van der Waals surface area contributed by atoms with E-state index in [2.05, 4.69) is 16.0 Å². The van der Waals surface area contributed by atoms with Crippen molar-refractivity contribution in [2.45, 2.75) is 25.4 Å². The number of hydrogen-bond acceptors (Lipinski definition) is 5. The van der Waals surface area contributed by atoms with Crippen LogP contribution in [0.4, 0.5) is 5.69 Å². The molecule has 26 heavy (non-hydrogen) atoms. The van der Waals surface area contributed by atoms with Gasteiger partial charge in [-0.2, -0.15) is 0 Å². The van der Waals surface area contributed by atoms with Gasteiger partial charge in [-0.1, -0.05) is 18.2 Å². The molecule has 1 heterocycles. The summed E-state index contributed by atoms with van der Waals surface area (Å²) in [4.78, 5) is 38.1. The summed E-state index contributed by atoms with van der Waals surface area (Å²) < 4.78 is 5.09. The number of anilines is 1. The van der Waals surface area contributed by atoms with Crippen molar-refractivity contribution in [2.24, 2.45) is 0 Å². The number of para-hydroxylation sites is 1. The van der Waals surface area contributed by atoms with Gasteiger partial charge < -0.3 is 20.7 Å². The second-order valence-electron chi connectivity index (χ2n) is 6.11. The third-order valence-corrected chi connectivity index (χ3v) is 4.16. The maximum Gasteiger partial charge on any atom is 0.246 e. The van der Waals surface area contributed by atoms with Crippen LogP contribution >= 0.6 is 0 Å². The molecule has 142 valence electrons. The number of rotatable bonds is 8. The van der Waals surface area contributed by atoms with Gasteiger partial charge in [0.25, 0.3) is 0 Å². The molecule has 1 aromatic rings. The van der Waals surface area contributed by atoms with Crippen LogP contribution in [0.25, 0.3) is 0 Å². The Hall–Kier alpha value is -2.45. The van der Waals surface area contributed by atoms with E-state index >= 15 is 0 Å². The molecule has 1 aliphatic heterocycles. The predicted octanol–water partition coefficient (Wildman–Crippen LogP) is -0.0333. The van der Waals surface area contributed by atoms with E-state index in [0.29, 0.717) is 25.3 Å². The highest BCUT2D eigenvalue weighted by molar-refractivity contribution is 5.93. The van der Waals surface area contributed by atoms with Crippen LogP contribution in [0.5, 0.6) is 0 Å². The van der Waals surface area contributed by atoms with E-state index in [0.717, 1.165) is 0 Å². The summed E-state index contributed by atoms with van der Waals surface area (Å²) in [5.74, 6) is -0.589. The van der Waals surface area contributed by atoms with Crippen LogP contribution in [0.2, 0.25) is 0 Å². The summed E-state index contributed by atoms with van der Waals surface area (Å²) >= 11 is 0. The van der Waals surface area contributed by atoms with Crippen molar-refractivity contribution in [3.63, 3.8) is 0 Å². The third kappa shape index (κ3) is 5.82. The van der Waals surface area contributed by atoms with Crippen LogP contribution in [0.1, 0.15) is 13.3 Å². The minimum atomic E-state index is -0.459. The molecule has 0 radical (unpaired) electrons. The molecule has 8 heteroatoms. The van der Waals surface area contributed by atoms with Crippen molar-refractivity contribution in [3.05, 3.63) is 30.3 Å². The van der Waals surface area contributed by atoms with Gasteiger partial charge in [0.1, 0.15) is 6.61 Å². The fraction of sp³-hybridized carbons (Fsp3) is 0.500. The van der Waals surface area contributed by atoms with E-state index in [1.807, 2.05) is 25.1 Å². The number of likely N-dealkylation sites (tertiary alicyclic amines) is 1. The number of amides is 3. The number of nitrogens with one attached hydrogen (secondary N) is 3. The molecule has 3 N–H and O–H groups in total. The van der Waals surface area contributed by atoms with Crippen molar-refractivity contribution in [3.8, 4) is 0 Å². The smallest absolute Gasteiger partial charge is 0.246 e. The van der Waals surface area contributed by atoms with Gasteiger partial charge in [-0.25, -0.2) is 0 Å². The topological polar surface area (TPSA) is 99.8 Å². The second kappa shape index (κ2) is 9.88. The Labute approximate surface area is 153 Å². The SMILES string of the molecule is CCOCC(=O)N[C@@H]1C[C@@H](C(=O)NC)N(CC(=O)Nc2ccccc2)C1. The molecule has 3 amide bonds. The Morgan fingerprint density at radius 1 is 1.19 bits per heavy atom. The zero-order chi connectivity index (χ0) is 18.9. The number of ether oxygens (including phenoxy) is 1.